The molecule has 0 aliphatic carbocycles. The van der Waals surface area contributed by atoms with Gasteiger partial charge in [-0.1, -0.05) is 41.9 Å². The monoisotopic (exact) mass is 275 g/mol. The van der Waals surface area contributed by atoms with Crippen LogP contribution in [-0.4, -0.2) is 13.0 Å². The average molecular weight is 276 g/mol. The van der Waals surface area contributed by atoms with Gasteiger partial charge in [-0.25, -0.2) is 0 Å². The number of ether oxygens (including phenoxy) is 1. The van der Waals surface area contributed by atoms with E-state index in [-0.39, 0.29) is 5.91 Å². The number of benzene rings is 2. The van der Waals surface area contributed by atoms with E-state index in [9.17, 15) is 4.79 Å². The predicted octanol–water partition coefficient (Wildman–Crippen LogP) is 3.28. The lowest BCUT2D eigenvalue weighted by Crippen LogP contribution is -2.22. The van der Waals surface area contributed by atoms with E-state index in [2.05, 4.69) is 5.32 Å². The fraction of sp³-hybridized carbons (Fsp3) is 0.133. The maximum atomic E-state index is 12.0. The summed E-state index contributed by atoms with van der Waals surface area (Å²) in [6.45, 7) is 0.489. The van der Waals surface area contributed by atoms with Gasteiger partial charge in [0.2, 0.25) is 0 Å². The van der Waals surface area contributed by atoms with Crippen LogP contribution in [0.15, 0.2) is 48.5 Å². The van der Waals surface area contributed by atoms with Gasteiger partial charge in [0.05, 0.1) is 12.1 Å². The van der Waals surface area contributed by atoms with Crippen molar-refractivity contribution in [1.82, 2.24) is 5.32 Å². The first-order chi connectivity index (χ1) is 9.20. The van der Waals surface area contributed by atoms with E-state index in [0.717, 1.165) is 5.56 Å². The Hall–Kier alpha value is -2.00. The number of carbonyl (C=O) groups excluding carboxylic acids is 1. The summed E-state index contributed by atoms with van der Waals surface area (Å²) in [6, 6.07) is 14.7. The standard InChI is InChI=1S/C15H14ClNO2/c1-19-14-8-7-12(9-13(14)16)15(18)17-10-11-5-3-2-4-6-11/h2-9H,10H2,1H3,(H,17,18). The van der Waals surface area contributed by atoms with Gasteiger partial charge in [-0.15, -0.1) is 0 Å². The molecule has 3 nitrogen and oxygen atoms in total. The third kappa shape index (κ3) is 3.48. The summed E-state index contributed by atoms with van der Waals surface area (Å²) in [5, 5.41) is 3.27. The Morgan fingerprint density at radius 3 is 2.58 bits per heavy atom. The predicted molar refractivity (Wildman–Crippen MR) is 75.6 cm³/mol. The molecular formula is C15H14ClNO2. The Morgan fingerprint density at radius 1 is 1.21 bits per heavy atom. The Labute approximate surface area is 117 Å². The van der Waals surface area contributed by atoms with Crippen molar-refractivity contribution in [2.24, 2.45) is 0 Å². The van der Waals surface area contributed by atoms with E-state index in [0.29, 0.717) is 22.9 Å². The molecule has 1 N–H and O–H groups in total. The maximum Gasteiger partial charge on any atom is 0.251 e. The number of methoxy groups -OCH3 is 1. The van der Waals surface area contributed by atoms with Crippen LogP contribution < -0.4 is 10.1 Å². The summed E-state index contributed by atoms with van der Waals surface area (Å²) in [7, 11) is 1.54. The third-order valence-corrected chi connectivity index (χ3v) is 3.01. The minimum absolute atomic E-state index is 0.159. The van der Waals surface area contributed by atoms with Crippen LogP contribution in [0.4, 0.5) is 0 Å². The van der Waals surface area contributed by atoms with E-state index in [1.807, 2.05) is 30.3 Å². The van der Waals surface area contributed by atoms with Crippen LogP contribution in [0.3, 0.4) is 0 Å². The molecule has 2 aromatic rings. The molecule has 0 saturated heterocycles. The molecule has 4 heteroatoms. The van der Waals surface area contributed by atoms with E-state index in [1.54, 1.807) is 18.2 Å². The molecule has 0 aliphatic heterocycles. The molecule has 19 heavy (non-hydrogen) atoms. The van der Waals surface area contributed by atoms with E-state index < -0.39 is 0 Å². The zero-order chi connectivity index (χ0) is 13.7. The second kappa shape index (κ2) is 6.25. The first kappa shape index (κ1) is 13.4. The molecule has 98 valence electrons. The smallest absolute Gasteiger partial charge is 0.251 e. The normalized spacial score (nSPS) is 10.0. The number of nitrogens with one attached hydrogen (secondary N) is 1. The van der Waals surface area contributed by atoms with Crippen LogP contribution in [0.1, 0.15) is 15.9 Å². The summed E-state index contributed by atoms with van der Waals surface area (Å²) < 4.78 is 5.05. The summed E-state index contributed by atoms with van der Waals surface area (Å²) >= 11 is 5.99. The second-order valence-electron chi connectivity index (χ2n) is 4.02. The number of amides is 1. The summed E-state index contributed by atoms with van der Waals surface area (Å²) in [5.74, 6) is 0.398. The van der Waals surface area contributed by atoms with Gasteiger partial charge in [-0.3, -0.25) is 4.79 Å². The van der Waals surface area contributed by atoms with E-state index in [1.165, 1.54) is 7.11 Å². The van der Waals surface area contributed by atoms with Crippen molar-refractivity contribution < 1.29 is 9.53 Å². The van der Waals surface area contributed by atoms with Crippen molar-refractivity contribution in [3.63, 3.8) is 0 Å². The van der Waals surface area contributed by atoms with Gasteiger partial charge in [0, 0.05) is 12.1 Å². The molecule has 0 saturated carbocycles. The lowest BCUT2D eigenvalue weighted by Gasteiger charge is -2.07. The van der Waals surface area contributed by atoms with Gasteiger partial charge < -0.3 is 10.1 Å². The number of hydrogen-bond donors (Lipinski definition) is 1. The molecule has 0 fully saturated rings. The average Bonchev–Trinajstić information content (AvgIpc) is 2.45. The molecule has 0 aliphatic rings. The topological polar surface area (TPSA) is 38.3 Å². The van der Waals surface area contributed by atoms with Crippen LogP contribution in [0, 0.1) is 0 Å². The highest BCUT2D eigenvalue weighted by Crippen LogP contribution is 2.24. The summed E-state index contributed by atoms with van der Waals surface area (Å²) in [5.41, 5.74) is 1.57. The minimum Gasteiger partial charge on any atom is -0.495 e. The van der Waals surface area contributed by atoms with Crippen LogP contribution in [0.2, 0.25) is 5.02 Å². The molecule has 2 aromatic carbocycles. The van der Waals surface area contributed by atoms with Gasteiger partial charge in [0.15, 0.2) is 0 Å². The molecule has 0 bridgehead atoms. The Balaban J connectivity index is 2.02. The molecule has 1 amide bonds. The quantitative estimate of drug-likeness (QED) is 0.930. The number of hydrogen-bond acceptors (Lipinski definition) is 2. The largest absolute Gasteiger partial charge is 0.495 e. The zero-order valence-electron chi connectivity index (χ0n) is 10.5. The Morgan fingerprint density at radius 2 is 1.95 bits per heavy atom. The van der Waals surface area contributed by atoms with E-state index in [4.69, 9.17) is 16.3 Å². The van der Waals surface area contributed by atoms with Gasteiger partial charge in [0.25, 0.3) is 5.91 Å². The Bertz CT molecular complexity index is 570. The fourth-order valence-electron chi connectivity index (χ4n) is 1.69. The van der Waals surface area contributed by atoms with Crippen molar-refractivity contribution in [2.45, 2.75) is 6.54 Å². The van der Waals surface area contributed by atoms with E-state index >= 15 is 0 Å². The van der Waals surface area contributed by atoms with Crippen molar-refractivity contribution in [3.05, 3.63) is 64.7 Å². The third-order valence-electron chi connectivity index (χ3n) is 2.71. The van der Waals surface area contributed by atoms with Crippen LogP contribution in [0.5, 0.6) is 5.75 Å². The highest BCUT2D eigenvalue weighted by Gasteiger charge is 2.08. The first-order valence-electron chi connectivity index (χ1n) is 5.86. The molecule has 0 spiro atoms. The van der Waals surface area contributed by atoms with Gasteiger partial charge in [-0.05, 0) is 23.8 Å². The zero-order valence-corrected chi connectivity index (χ0v) is 11.3. The fourth-order valence-corrected chi connectivity index (χ4v) is 1.95. The minimum atomic E-state index is -0.159. The molecular weight excluding hydrogens is 262 g/mol. The highest BCUT2D eigenvalue weighted by molar-refractivity contribution is 6.32. The second-order valence-corrected chi connectivity index (χ2v) is 4.42. The van der Waals surface area contributed by atoms with Crippen molar-refractivity contribution in [1.29, 1.82) is 0 Å². The molecule has 0 unspecified atom stereocenters. The molecule has 2 rings (SSSR count). The lowest BCUT2D eigenvalue weighted by molar-refractivity contribution is 0.0951. The summed E-state index contributed by atoms with van der Waals surface area (Å²) in [4.78, 5) is 12.0. The molecule has 0 aromatic heterocycles. The first-order valence-corrected chi connectivity index (χ1v) is 6.24. The Kier molecular flexibility index (Phi) is 4.42. The van der Waals surface area contributed by atoms with Gasteiger partial charge in [-0.2, -0.15) is 0 Å². The van der Waals surface area contributed by atoms with Crippen molar-refractivity contribution in [2.75, 3.05) is 7.11 Å². The van der Waals surface area contributed by atoms with Crippen molar-refractivity contribution in [3.8, 4) is 5.75 Å². The van der Waals surface area contributed by atoms with Gasteiger partial charge in [0.1, 0.15) is 5.75 Å². The molecule has 0 atom stereocenters. The number of carbonyl (C=O) groups is 1. The molecule has 0 radical (unpaired) electrons. The van der Waals surface area contributed by atoms with Gasteiger partial charge >= 0.3 is 0 Å². The highest BCUT2D eigenvalue weighted by atomic mass is 35.5. The van der Waals surface area contributed by atoms with Crippen molar-refractivity contribution >= 4 is 17.5 Å². The maximum absolute atomic E-state index is 12.0. The SMILES string of the molecule is COc1ccc(C(=O)NCc2ccccc2)cc1Cl. The number of rotatable bonds is 4. The number of halogens is 1. The molecule has 0 heterocycles. The van der Waals surface area contributed by atoms with Crippen LogP contribution in [0.25, 0.3) is 0 Å². The summed E-state index contributed by atoms with van der Waals surface area (Å²) in [6.07, 6.45) is 0. The van der Waals surface area contributed by atoms with Crippen LogP contribution in [-0.2, 0) is 6.54 Å². The lowest BCUT2D eigenvalue weighted by atomic mass is 10.2. The van der Waals surface area contributed by atoms with Crippen LogP contribution >= 0.6 is 11.6 Å².